The van der Waals surface area contributed by atoms with E-state index in [4.69, 9.17) is 5.73 Å². The quantitative estimate of drug-likeness (QED) is 0.613. The van der Waals surface area contributed by atoms with Crippen molar-refractivity contribution in [2.75, 3.05) is 17.8 Å². The van der Waals surface area contributed by atoms with E-state index < -0.39 is 21.8 Å². The van der Waals surface area contributed by atoms with Crippen molar-refractivity contribution >= 4 is 21.5 Å². The first-order valence-electron chi connectivity index (χ1n) is 8.32. The fraction of sp³-hybridized carbons (Fsp3) is 0.105. The number of sulfonamides is 1. The van der Waals surface area contributed by atoms with Gasteiger partial charge in [0.25, 0.3) is 10.0 Å². The number of nitrogen functional groups attached to an aromatic ring is 1. The van der Waals surface area contributed by atoms with Crippen LogP contribution in [0.1, 0.15) is 5.56 Å². The smallest absolute Gasteiger partial charge is 0.384 e. The third-order valence-corrected chi connectivity index (χ3v) is 5.49. The van der Waals surface area contributed by atoms with Gasteiger partial charge in [0.15, 0.2) is 0 Å². The monoisotopic (exact) mass is 422 g/mol. The second-order valence-electron chi connectivity index (χ2n) is 6.17. The van der Waals surface area contributed by atoms with E-state index in [1.807, 2.05) is 0 Å². The van der Waals surface area contributed by atoms with Crippen LogP contribution in [0.2, 0.25) is 0 Å². The number of alkyl halides is 3. The van der Waals surface area contributed by atoms with Gasteiger partial charge in [-0.2, -0.15) is 13.2 Å². The number of hydrogen-bond acceptors (Lipinski definition) is 5. The maximum atomic E-state index is 13.2. The Hall–Kier alpha value is -3.11. The highest BCUT2D eigenvalue weighted by molar-refractivity contribution is 7.89. The summed E-state index contributed by atoms with van der Waals surface area (Å²) in [6.45, 7) is 0. The molecule has 0 saturated carbocycles. The molecule has 3 N–H and O–H groups in total. The molecule has 0 aliphatic heterocycles. The first kappa shape index (κ1) is 20.6. The summed E-state index contributed by atoms with van der Waals surface area (Å²) >= 11 is 0. The van der Waals surface area contributed by atoms with Crippen molar-refractivity contribution in [3.63, 3.8) is 0 Å². The first-order chi connectivity index (χ1) is 13.6. The van der Waals surface area contributed by atoms with Gasteiger partial charge in [-0.05, 0) is 48.0 Å². The Morgan fingerprint density at radius 3 is 2.34 bits per heavy atom. The topological polar surface area (TPSA) is 88.3 Å². The third kappa shape index (κ3) is 4.66. The SMILES string of the molecule is CN(NS(=O)(=O)c1ccccc1)c1ccc(C(F)(F)F)cc1-c1ccnc(N)c1. The van der Waals surface area contributed by atoms with Crippen molar-refractivity contribution in [1.29, 1.82) is 0 Å². The number of halogens is 3. The lowest BCUT2D eigenvalue weighted by atomic mass is 10.0. The minimum Gasteiger partial charge on any atom is -0.384 e. The van der Waals surface area contributed by atoms with Crippen LogP contribution in [0.25, 0.3) is 11.1 Å². The Morgan fingerprint density at radius 2 is 1.72 bits per heavy atom. The summed E-state index contributed by atoms with van der Waals surface area (Å²) in [6, 6.07) is 13.6. The Balaban J connectivity index is 2.06. The van der Waals surface area contributed by atoms with Crippen LogP contribution in [0.4, 0.5) is 24.7 Å². The van der Waals surface area contributed by atoms with Gasteiger partial charge in [0.05, 0.1) is 16.1 Å². The van der Waals surface area contributed by atoms with Crippen LogP contribution in [0.5, 0.6) is 0 Å². The zero-order chi connectivity index (χ0) is 21.2. The molecule has 1 heterocycles. The van der Waals surface area contributed by atoms with Crippen LogP contribution in [0.3, 0.4) is 0 Å². The van der Waals surface area contributed by atoms with Gasteiger partial charge in [0.1, 0.15) is 5.82 Å². The van der Waals surface area contributed by atoms with Crippen LogP contribution in [0.15, 0.2) is 71.8 Å². The zero-order valence-electron chi connectivity index (χ0n) is 15.2. The van der Waals surface area contributed by atoms with Crippen molar-refractivity contribution in [1.82, 2.24) is 9.82 Å². The molecule has 0 atom stereocenters. The van der Waals surface area contributed by atoms with Crippen LogP contribution < -0.4 is 15.6 Å². The van der Waals surface area contributed by atoms with Crippen molar-refractivity contribution < 1.29 is 21.6 Å². The maximum absolute atomic E-state index is 13.2. The fourth-order valence-electron chi connectivity index (χ4n) is 2.73. The van der Waals surface area contributed by atoms with Gasteiger partial charge in [-0.25, -0.2) is 13.4 Å². The van der Waals surface area contributed by atoms with Crippen molar-refractivity contribution in [3.8, 4) is 11.1 Å². The molecule has 0 aliphatic carbocycles. The van der Waals surface area contributed by atoms with E-state index in [2.05, 4.69) is 9.82 Å². The highest BCUT2D eigenvalue weighted by Crippen LogP contribution is 2.37. The molecular formula is C19H17F3N4O2S. The predicted molar refractivity (Wildman–Crippen MR) is 104 cm³/mol. The number of benzene rings is 2. The minimum absolute atomic E-state index is 0.0217. The van der Waals surface area contributed by atoms with Gasteiger partial charge in [0.2, 0.25) is 0 Å². The van der Waals surface area contributed by atoms with Crippen LogP contribution in [0, 0.1) is 0 Å². The van der Waals surface area contributed by atoms with Gasteiger partial charge >= 0.3 is 6.18 Å². The lowest BCUT2D eigenvalue weighted by Gasteiger charge is -2.24. The van der Waals surface area contributed by atoms with Gasteiger partial charge < -0.3 is 5.73 Å². The van der Waals surface area contributed by atoms with Gasteiger partial charge in [-0.15, -0.1) is 4.83 Å². The zero-order valence-corrected chi connectivity index (χ0v) is 16.0. The molecule has 10 heteroatoms. The molecule has 0 bridgehead atoms. The predicted octanol–water partition coefficient (Wildman–Crippen LogP) is 3.68. The molecule has 0 fully saturated rings. The van der Waals surface area contributed by atoms with Crippen LogP contribution in [-0.4, -0.2) is 20.4 Å². The number of pyridine rings is 1. The summed E-state index contributed by atoms with van der Waals surface area (Å²) in [7, 11) is -2.54. The summed E-state index contributed by atoms with van der Waals surface area (Å²) in [5, 5.41) is 1.15. The van der Waals surface area contributed by atoms with Gasteiger partial charge in [-0.3, -0.25) is 5.01 Å². The second-order valence-corrected chi connectivity index (χ2v) is 7.83. The number of nitrogens with two attached hydrogens (primary N) is 1. The lowest BCUT2D eigenvalue weighted by Crippen LogP contribution is -2.39. The summed E-state index contributed by atoms with van der Waals surface area (Å²) < 4.78 is 64.8. The van der Waals surface area contributed by atoms with Gasteiger partial charge in [0, 0.05) is 18.8 Å². The number of nitrogens with one attached hydrogen (secondary N) is 1. The second kappa shape index (κ2) is 7.72. The Labute approximate surface area is 165 Å². The molecule has 0 aliphatic rings. The number of anilines is 2. The summed E-state index contributed by atoms with van der Waals surface area (Å²) in [6.07, 6.45) is -3.20. The number of aromatic nitrogens is 1. The molecule has 1 aromatic heterocycles. The Morgan fingerprint density at radius 1 is 1.03 bits per heavy atom. The molecule has 0 spiro atoms. The molecule has 152 valence electrons. The normalized spacial score (nSPS) is 12.0. The van der Waals surface area contributed by atoms with Crippen molar-refractivity contribution in [2.24, 2.45) is 0 Å². The Bertz CT molecular complexity index is 1120. The molecule has 0 amide bonds. The van der Waals surface area contributed by atoms with Crippen LogP contribution in [-0.2, 0) is 16.2 Å². The minimum atomic E-state index is -4.56. The molecule has 3 aromatic rings. The largest absolute Gasteiger partial charge is 0.416 e. The maximum Gasteiger partial charge on any atom is 0.416 e. The standard InChI is InChI=1S/C19H17F3N4O2S/c1-26(25-29(27,28)15-5-3-2-4-6-15)17-8-7-14(19(20,21)22)12-16(17)13-9-10-24-18(23)11-13/h2-12,25H,1H3,(H2,23,24). The van der Waals surface area contributed by atoms with E-state index in [0.717, 1.165) is 17.1 Å². The fourth-order valence-corrected chi connectivity index (χ4v) is 3.81. The molecule has 0 radical (unpaired) electrons. The molecular weight excluding hydrogens is 405 g/mol. The highest BCUT2D eigenvalue weighted by atomic mass is 32.2. The molecule has 29 heavy (non-hydrogen) atoms. The van der Waals surface area contributed by atoms with Crippen LogP contribution >= 0.6 is 0 Å². The highest BCUT2D eigenvalue weighted by Gasteiger charge is 2.31. The number of rotatable bonds is 5. The summed E-state index contributed by atoms with van der Waals surface area (Å²) in [5.74, 6) is 0.124. The first-order valence-corrected chi connectivity index (χ1v) is 9.80. The van der Waals surface area contributed by atoms with Gasteiger partial charge in [-0.1, -0.05) is 18.2 Å². The average molecular weight is 422 g/mol. The van der Waals surface area contributed by atoms with E-state index >= 15 is 0 Å². The number of hydrogen-bond donors (Lipinski definition) is 2. The number of nitrogens with zero attached hydrogens (tertiary/aromatic N) is 2. The lowest BCUT2D eigenvalue weighted by molar-refractivity contribution is -0.137. The van der Waals surface area contributed by atoms with E-state index in [1.54, 1.807) is 18.2 Å². The molecule has 0 saturated heterocycles. The summed E-state index contributed by atoms with van der Waals surface area (Å²) in [4.78, 5) is 6.21. The molecule has 3 rings (SSSR count). The Kier molecular flexibility index (Phi) is 5.49. The molecule has 2 aromatic carbocycles. The van der Waals surface area contributed by atoms with E-state index in [1.165, 1.54) is 43.6 Å². The molecule has 6 nitrogen and oxygen atoms in total. The van der Waals surface area contributed by atoms with Crippen molar-refractivity contribution in [2.45, 2.75) is 11.1 Å². The van der Waals surface area contributed by atoms with Crippen molar-refractivity contribution in [3.05, 3.63) is 72.4 Å². The van der Waals surface area contributed by atoms with E-state index in [-0.39, 0.29) is 22.0 Å². The summed E-state index contributed by atoms with van der Waals surface area (Å²) in [5.41, 5.74) is 5.52. The molecule has 0 unspecified atom stereocenters. The van der Waals surface area contributed by atoms with E-state index in [0.29, 0.717) is 5.56 Å². The average Bonchev–Trinajstić information content (AvgIpc) is 2.67. The van der Waals surface area contributed by atoms with E-state index in [9.17, 15) is 21.6 Å². The third-order valence-electron chi connectivity index (χ3n) is 4.09. The number of hydrazine groups is 1.